The molecule has 0 aliphatic carbocycles. The first kappa shape index (κ1) is 15.8. The van der Waals surface area contributed by atoms with Crippen LogP contribution in [0.25, 0.3) is 0 Å². The number of fused-ring (bicyclic) bond motifs is 1. The average molecular weight is 308 g/mol. The summed E-state index contributed by atoms with van der Waals surface area (Å²) < 4.78 is 8.41. The van der Waals surface area contributed by atoms with Crippen molar-refractivity contribution in [3.8, 4) is 5.75 Å². The van der Waals surface area contributed by atoms with Crippen LogP contribution in [0.1, 0.15) is 49.4 Å². The predicted molar refractivity (Wildman–Crippen MR) is 96.3 cm³/mol. The number of para-hydroxylation sites is 1. The summed E-state index contributed by atoms with van der Waals surface area (Å²) in [5.41, 5.74) is 6.36. The first-order chi connectivity index (χ1) is 10.9. The summed E-state index contributed by atoms with van der Waals surface area (Å²) in [4.78, 5) is 0. The normalized spacial score (nSPS) is 14.0. The molecule has 2 heteroatoms. The lowest BCUT2D eigenvalue weighted by molar-refractivity contribution is -0.476. The van der Waals surface area contributed by atoms with E-state index >= 15 is 0 Å². The highest BCUT2D eigenvalue weighted by molar-refractivity contribution is 5.83. The summed E-state index contributed by atoms with van der Waals surface area (Å²) in [6.07, 6.45) is 3.32. The Morgan fingerprint density at radius 3 is 2.57 bits per heavy atom. The summed E-state index contributed by atoms with van der Waals surface area (Å²) in [6, 6.07) is 12.9. The minimum Gasteiger partial charge on any atom is -0.435 e. The standard InChI is InChI=1S/C21H26NO/c1-6-21(4,5)18-12-15(2)11-17-13-22(14-23-20(17)18)19-10-8-7-9-16(19)3/h7-13H,6,14H2,1-5H3/q+1. The topological polar surface area (TPSA) is 12.2 Å². The fourth-order valence-electron chi connectivity index (χ4n) is 3.12. The van der Waals surface area contributed by atoms with E-state index < -0.39 is 0 Å². The van der Waals surface area contributed by atoms with Crippen molar-refractivity contribution < 1.29 is 9.31 Å². The van der Waals surface area contributed by atoms with E-state index in [1.165, 1.54) is 27.9 Å². The van der Waals surface area contributed by atoms with Gasteiger partial charge in [0, 0.05) is 17.2 Å². The molecule has 1 aliphatic rings. The van der Waals surface area contributed by atoms with Gasteiger partial charge in [0.1, 0.15) is 5.75 Å². The quantitative estimate of drug-likeness (QED) is 0.718. The van der Waals surface area contributed by atoms with E-state index in [0.717, 1.165) is 12.2 Å². The SMILES string of the molecule is CCC(C)(C)c1cc(C)cc2c1OC[N+](c1ccccc1C)=C2. The molecule has 1 aliphatic heterocycles. The molecule has 120 valence electrons. The lowest BCUT2D eigenvalue weighted by atomic mass is 9.80. The summed E-state index contributed by atoms with van der Waals surface area (Å²) in [5.74, 6) is 1.05. The Hall–Kier alpha value is -2.09. The highest BCUT2D eigenvalue weighted by Gasteiger charge is 2.29. The molecule has 0 radical (unpaired) electrons. The Morgan fingerprint density at radius 1 is 1.13 bits per heavy atom. The molecule has 0 aromatic heterocycles. The molecule has 2 aromatic rings. The number of benzene rings is 2. The second-order valence-corrected chi connectivity index (χ2v) is 7.13. The van der Waals surface area contributed by atoms with Crippen LogP contribution in [0.15, 0.2) is 36.4 Å². The van der Waals surface area contributed by atoms with Crippen molar-refractivity contribution in [1.82, 2.24) is 0 Å². The number of rotatable bonds is 3. The number of aryl methyl sites for hydroxylation is 2. The minimum atomic E-state index is 0.120. The molecule has 0 saturated carbocycles. The second kappa shape index (κ2) is 5.84. The van der Waals surface area contributed by atoms with Crippen LogP contribution < -0.4 is 4.74 Å². The lowest BCUT2D eigenvalue weighted by Crippen LogP contribution is -2.25. The number of hydrogen-bond donors (Lipinski definition) is 0. The van der Waals surface area contributed by atoms with Gasteiger partial charge in [0.15, 0.2) is 6.21 Å². The first-order valence-corrected chi connectivity index (χ1v) is 8.37. The van der Waals surface area contributed by atoms with Gasteiger partial charge in [0.25, 0.3) is 6.73 Å². The van der Waals surface area contributed by atoms with Gasteiger partial charge in [-0.15, -0.1) is 0 Å². The van der Waals surface area contributed by atoms with Crippen molar-refractivity contribution in [3.05, 3.63) is 58.7 Å². The summed E-state index contributed by atoms with van der Waals surface area (Å²) in [7, 11) is 0. The van der Waals surface area contributed by atoms with E-state index in [1.54, 1.807) is 0 Å². The van der Waals surface area contributed by atoms with Crippen molar-refractivity contribution in [2.75, 3.05) is 6.73 Å². The molecule has 23 heavy (non-hydrogen) atoms. The van der Waals surface area contributed by atoms with Crippen molar-refractivity contribution in [1.29, 1.82) is 0 Å². The molecular weight excluding hydrogens is 282 g/mol. The second-order valence-electron chi connectivity index (χ2n) is 7.13. The molecule has 2 nitrogen and oxygen atoms in total. The van der Waals surface area contributed by atoms with Crippen LogP contribution in [0, 0.1) is 13.8 Å². The predicted octanol–water partition coefficient (Wildman–Crippen LogP) is 5.10. The van der Waals surface area contributed by atoms with Crippen molar-refractivity contribution in [2.24, 2.45) is 0 Å². The van der Waals surface area contributed by atoms with Crippen LogP contribution in [0.2, 0.25) is 0 Å². The van der Waals surface area contributed by atoms with E-state index in [4.69, 9.17) is 4.74 Å². The van der Waals surface area contributed by atoms with E-state index in [0.29, 0.717) is 6.73 Å². The van der Waals surface area contributed by atoms with Crippen molar-refractivity contribution in [3.63, 3.8) is 0 Å². The van der Waals surface area contributed by atoms with Gasteiger partial charge in [-0.2, -0.15) is 4.58 Å². The van der Waals surface area contributed by atoms with Crippen LogP contribution in [0.5, 0.6) is 5.75 Å². The van der Waals surface area contributed by atoms with Crippen LogP contribution in [-0.2, 0) is 5.41 Å². The van der Waals surface area contributed by atoms with Gasteiger partial charge in [0.2, 0.25) is 5.69 Å². The number of ether oxygens (including phenoxy) is 1. The van der Waals surface area contributed by atoms with Gasteiger partial charge in [0.05, 0.1) is 5.56 Å². The third-order valence-electron chi connectivity index (χ3n) is 4.94. The molecular formula is C21H26NO+. The molecule has 2 aromatic carbocycles. The highest BCUT2D eigenvalue weighted by Crippen LogP contribution is 2.38. The molecule has 0 saturated heterocycles. The zero-order valence-electron chi connectivity index (χ0n) is 14.8. The summed E-state index contributed by atoms with van der Waals surface area (Å²) in [5, 5.41) is 0. The Kier molecular flexibility index (Phi) is 4.01. The largest absolute Gasteiger partial charge is 0.435 e. The van der Waals surface area contributed by atoms with Gasteiger partial charge < -0.3 is 4.74 Å². The third-order valence-corrected chi connectivity index (χ3v) is 4.94. The molecule has 3 rings (SSSR count). The fourth-order valence-corrected chi connectivity index (χ4v) is 3.12. The first-order valence-electron chi connectivity index (χ1n) is 8.37. The van der Waals surface area contributed by atoms with E-state index in [2.05, 4.69) is 81.8 Å². The average Bonchev–Trinajstić information content (AvgIpc) is 2.54. The summed E-state index contributed by atoms with van der Waals surface area (Å²) in [6.45, 7) is 11.7. The number of hydrogen-bond acceptors (Lipinski definition) is 1. The molecule has 0 bridgehead atoms. The van der Waals surface area contributed by atoms with Gasteiger partial charge in [-0.3, -0.25) is 0 Å². The molecule has 1 heterocycles. The maximum Gasteiger partial charge on any atom is 0.292 e. The third kappa shape index (κ3) is 2.90. The van der Waals surface area contributed by atoms with E-state index in [-0.39, 0.29) is 5.41 Å². The monoisotopic (exact) mass is 308 g/mol. The Morgan fingerprint density at radius 2 is 1.87 bits per heavy atom. The van der Waals surface area contributed by atoms with Crippen molar-refractivity contribution >= 4 is 11.9 Å². The smallest absolute Gasteiger partial charge is 0.292 e. The minimum absolute atomic E-state index is 0.120. The van der Waals surface area contributed by atoms with Gasteiger partial charge >= 0.3 is 0 Å². The maximum atomic E-state index is 6.21. The molecule has 0 amide bonds. The van der Waals surface area contributed by atoms with Crippen LogP contribution >= 0.6 is 0 Å². The van der Waals surface area contributed by atoms with E-state index in [1.807, 2.05) is 0 Å². The lowest BCUT2D eigenvalue weighted by Gasteiger charge is -2.28. The van der Waals surface area contributed by atoms with Gasteiger partial charge in [-0.25, -0.2) is 0 Å². The molecule has 0 spiro atoms. The van der Waals surface area contributed by atoms with Gasteiger partial charge in [-0.05, 0) is 37.3 Å². The van der Waals surface area contributed by atoms with Gasteiger partial charge in [-0.1, -0.05) is 45.0 Å². The molecule has 0 atom stereocenters. The Balaban J connectivity index is 2.13. The molecule has 0 N–H and O–H groups in total. The Labute approximate surface area is 139 Å². The van der Waals surface area contributed by atoms with Crippen LogP contribution in [-0.4, -0.2) is 17.5 Å². The van der Waals surface area contributed by atoms with Crippen LogP contribution in [0.4, 0.5) is 5.69 Å². The summed E-state index contributed by atoms with van der Waals surface area (Å²) >= 11 is 0. The zero-order chi connectivity index (χ0) is 16.6. The highest BCUT2D eigenvalue weighted by atomic mass is 16.5. The molecule has 0 fully saturated rings. The maximum absolute atomic E-state index is 6.21. The van der Waals surface area contributed by atoms with Crippen molar-refractivity contribution in [2.45, 2.75) is 46.5 Å². The zero-order valence-corrected chi connectivity index (χ0v) is 14.8. The van der Waals surface area contributed by atoms with E-state index in [9.17, 15) is 0 Å². The molecule has 0 unspecified atom stereocenters. The fraction of sp³-hybridized carbons (Fsp3) is 0.381. The Bertz CT molecular complexity index is 771. The van der Waals surface area contributed by atoms with Crippen LogP contribution in [0.3, 0.4) is 0 Å². The number of nitrogens with zero attached hydrogens (tertiary/aromatic N) is 1.